The van der Waals surface area contributed by atoms with Gasteiger partial charge in [-0.2, -0.15) is 5.10 Å². The van der Waals surface area contributed by atoms with Gasteiger partial charge in [-0.05, 0) is 37.0 Å². The van der Waals surface area contributed by atoms with Crippen molar-refractivity contribution in [3.8, 4) is 0 Å². The molecule has 3 heteroatoms. The normalized spacial score (nSPS) is 27.2. The number of nitrogens with one attached hydrogen (secondary N) is 1. The Balaban J connectivity index is 1.99. The van der Waals surface area contributed by atoms with E-state index in [9.17, 15) is 0 Å². The molecule has 0 bridgehead atoms. The first-order valence-electron chi connectivity index (χ1n) is 8.26. The van der Waals surface area contributed by atoms with E-state index in [-0.39, 0.29) is 0 Å². The van der Waals surface area contributed by atoms with Crippen LogP contribution in [0.3, 0.4) is 0 Å². The fourth-order valence-electron chi connectivity index (χ4n) is 3.71. The van der Waals surface area contributed by atoms with Crippen LogP contribution in [0.25, 0.3) is 0 Å². The molecule has 1 aliphatic carbocycles. The van der Waals surface area contributed by atoms with E-state index in [1.54, 1.807) is 0 Å². The molecule has 1 aliphatic rings. The summed E-state index contributed by atoms with van der Waals surface area (Å²) >= 11 is 0. The molecule has 114 valence electrons. The number of nitrogens with zero attached hydrogens (tertiary/aromatic N) is 2. The molecule has 0 aliphatic heterocycles. The molecule has 0 aromatic carbocycles. The molecule has 2 rings (SSSR count). The van der Waals surface area contributed by atoms with Gasteiger partial charge in [-0.15, -0.1) is 0 Å². The highest BCUT2D eigenvalue weighted by Gasteiger charge is 2.30. The van der Waals surface area contributed by atoms with E-state index < -0.39 is 0 Å². The maximum absolute atomic E-state index is 4.54. The predicted molar refractivity (Wildman–Crippen MR) is 84.6 cm³/mol. The SMILES string of the molecule is CCc1nn(C)cc1CNC1CC(C)CCC1C(C)C. The molecule has 1 N–H and O–H groups in total. The lowest BCUT2D eigenvalue weighted by Crippen LogP contribution is -2.42. The van der Waals surface area contributed by atoms with Gasteiger partial charge in [0.1, 0.15) is 0 Å². The highest BCUT2D eigenvalue weighted by atomic mass is 15.3. The minimum absolute atomic E-state index is 0.670. The third kappa shape index (κ3) is 3.63. The predicted octanol–water partition coefficient (Wildman–Crippen LogP) is 3.53. The Bertz CT molecular complexity index is 422. The first kappa shape index (κ1) is 15.6. The van der Waals surface area contributed by atoms with Crippen molar-refractivity contribution in [3.05, 3.63) is 17.5 Å². The minimum Gasteiger partial charge on any atom is -0.310 e. The molecule has 1 aromatic rings. The van der Waals surface area contributed by atoms with Crippen LogP contribution in [0.2, 0.25) is 0 Å². The number of hydrogen-bond acceptors (Lipinski definition) is 2. The van der Waals surface area contributed by atoms with Gasteiger partial charge in [-0.1, -0.05) is 34.1 Å². The fourth-order valence-corrected chi connectivity index (χ4v) is 3.71. The van der Waals surface area contributed by atoms with Crippen LogP contribution >= 0.6 is 0 Å². The van der Waals surface area contributed by atoms with E-state index >= 15 is 0 Å². The van der Waals surface area contributed by atoms with Gasteiger partial charge in [0.2, 0.25) is 0 Å². The average molecular weight is 277 g/mol. The van der Waals surface area contributed by atoms with E-state index in [0.29, 0.717) is 6.04 Å². The molecule has 3 atom stereocenters. The molecular formula is C17H31N3. The molecule has 1 aromatic heterocycles. The van der Waals surface area contributed by atoms with Gasteiger partial charge < -0.3 is 5.32 Å². The molecule has 0 spiro atoms. The van der Waals surface area contributed by atoms with Crippen LogP contribution in [-0.4, -0.2) is 15.8 Å². The van der Waals surface area contributed by atoms with Crippen molar-refractivity contribution in [1.29, 1.82) is 0 Å². The third-order valence-electron chi connectivity index (χ3n) is 4.90. The molecule has 20 heavy (non-hydrogen) atoms. The summed E-state index contributed by atoms with van der Waals surface area (Å²) in [5.74, 6) is 2.47. The van der Waals surface area contributed by atoms with Crippen molar-refractivity contribution >= 4 is 0 Å². The first-order valence-corrected chi connectivity index (χ1v) is 8.26. The zero-order valence-corrected chi connectivity index (χ0v) is 13.8. The van der Waals surface area contributed by atoms with Gasteiger partial charge in [0.05, 0.1) is 5.69 Å². The standard InChI is InChI=1S/C17H31N3/c1-6-16-14(11-20(5)19-16)10-18-17-9-13(4)7-8-15(17)12(2)3/h11-13,15,17-18H,6-10H2,1-5H3. The fraction of sp³-hybridized carbons (Fsp3) is 0.824. The summed E-state index contributed by atoms with van der Waals surface area (Å²) in [5.41, 5.74) is 2.61. The Hall–Kier alpha value is -0.830. The summed E-state index contributed by atoms with van der Waals surface area (Å²) in [7, 11) is 2.02. The lowest BCUT2D eigenvalue weighted by molar-refractivity contribution is 0.169. The number of aromatic nitrogens is 2. The average Bonchev–Trinajstić information content (AvgIpc) is 2.76. The molecule has 3 nitrogen and oxygen atoms in total. The Morgan fingerprint density at radius 3 is 2.80 bits per heavy atom. The van der Waals surface area contributed by atoms with Crippen LogP contribution in [0, 0.1) is 17.8 Å². The van der Waals surface area contributed by atoms with E-state index in [2.05, 4.69) is 44.3 Å². The van der Waals surface area contributed by atoms with Crippen LogP contribution in [0.5, 0.6) is 0 Å². The summed E-state index contributed by atoms with van der Waals surface area (Å²) in [6.45, 7) is 10.3. The number of aryl methyl sites for hydroxylation is 2. The van der Waals surface area contributed by atoms with Crippen LogP contribution in [-0.2, 0) is 20.0 Å². The largest absolute Gasteiger partial charge is 0.310 e. The number of rotatable bonds is 5. The quantitative estimate of drug-likeness (QED) is 0.892. The van der Waals surface area contributed by atoms with E-state index in [1.807, 2.05) is 11.7 Å². The Morgan fingerprint density at radius 1 is 1.40 bits per heavy atom. The maximum atomic E-state index is 4.54. The second-order valence-electron chi connectivity index (χ2n) is 6.94. The Morgan fingerprint density at radius 2 is 2.15 bits per heavy atom. The van der Waals surface area contributed by atoms with Crippen LogP contribution < -0.4 is 5.32 Å². The summed E-state index contributed by atoms with van der Waals surface area (Å²) in [6.07, 6.45) is 7.29. The van der Waals surface area contributed by atoms with E-state index in [0.717, 1.165) is 30.7 Å². The Labute approximate surface area is 124 Å². The maximum Gasteiger partial charge on any atom is 0.0666 e. The van der Waals surface area contributed by atoms with Crippen molar-refractivity contribution in [1.82, 2.24) is 15.1 Å². The summed E-state index contributed by atoms with van der Waals surface area (Å²) in [4.78, 5) is 0. The highest BCUT2D eigenvalue weighted by Crippen LogP contribution is 2.33. The van der Waals surface area contributed by atoms with Crippen molar-refractivity contribution in [2.75, 3.05) is 0 Å². The lowest BCUT2D eigenvalue weighted by atomic mass is 9.74. The van der Waals surface area contributed by atoms with Gasteiger partial charge in [-0.25, -0.2) is 0 Å². The van der Waals surface area contributed by atoms with Crippen LogP contribution in [0.15, 0.2) is 6.20 Å². The Kier molecular flexibility index (Phi) is 5.25. The monoisotopic (exact) mass is 277 g/mol. The molecule has 0 radical (unpaired) electrons. The summed E-state index contributed by atoms with van der Waals surface area (Å²) in [6, 6.07) is 0.670. The topological polar surface area (TPSA) is 29.9 Å². The molecule has 3 unspecified atom stereocenters. The summed E-state index contributed by atoms with van der Waals surface area (Å²) in [5, 5.41) is 8.37. The van der Waals surface area contributed by atoms with Gasteiger partial charge >= 0.3 is 0 Å². The second-order valence-corrected chi connectivity index (χ2v) is 6.94. The molecule has 1 saturated carbocycles. The minimum atomic E-state index is 0.670. The third-order valence-corrected chi connectivity index (χ3v) is 4.90. The molecule has 0 amide bonds. The van der Waals surface area contributed by atoms with Crippen molar-refractivity contribution in [3.63, 3.8) is 0 Å². The second kappa shape index (κ2) is 6.75. The zero-order chi connectivity index (χ0) is 14.7. The van der Waals surface area contributed by atoms with Gasteiger partial charge in [-0.3, -0.25) is 4.68 Å². The molecule has 1 heterocycles. The van der Waals surface area contributed by atoms with Gasteiger partial charge in [0.25, 0.3) is 0 Å². The van der Waals surface area contributed by atoms with Gasteiger partial charge in [0, 0.05) is 31.4 Å². The van der Waals surface area contributed by atoms with Gasteiger partial charge in [0.15, 0.2) is 0 Å². The van der Waals surface area contributed by atoms with Crippen molar-refractivity contribution < 1.29 is 0 Å². The van der Waals surface area contributed by atoms with Crippen LogP contribution in [0.4, 0.5) is 0 Å². The first-order chi connectivity index (χ1) is 9.51. The number of hydrogen-bond donors (Lipinski definition) is 1. The lowest BCUT2D eigenvalue weighted by Gasteiger charge is -2.38. The summed E-state index contributed by atoms with van der Waals surface area (Å²) < 4.78 is 1.94. The molecule has 1 fully saturated rings. The van der Waals surface area contributed by atoms with E-state index in [1.165, 1.54) is 30.5 Å². The van der Waals surface area contributed by atoms with Crippen LogP contribution in [0.1, 0.15) is 58.2 Å². The molecular weight excluding hydrogens is 246 g/mol. The van der Waals surface area contributed by atoms with E-state index in [4.69, 9.17) is 0 Å². The smallest absolute Gasteiger partial charge is 0.0666 e. The zero-order valence-electron chi connectivity index (χ0n) is 13.8. The van der Waals surface area contributed by atoms with Crippen molar-refractivity contribution in [2.45, 2.75) is 66.0 Å². The van der Waals surface area contributed by atoms with Crippen molar-refractivity contribution in [2.24, 2.45) is 24.8 Å². The highest BCUT2D eigenvalue weighted by molar-refractivity contribution is 5.16. The molecule has 0 saturated heterocycles.